The number of carbonyl (C=O) groups is 1. The van der Waals surface area contributed by atoms with Gasteiger partial charge >= 0.3 is 0 Å². The standard InChI is InChI=1S/C15H18N2O2S2/c1-3-8-19-12-6-4-11(5-7-12)13-9-21-15(16-13)17-14(18)10-20-2/h4-7,9H,3,8,10H2,1-2H3,(H,16,17,18). The Kier molecular flexibility index (Phi) is 6.07. The maximum Gasteiger partial charge on any atom is 0.236 e. The average molecular weight is 322 g/mol. The summed E-state index contributed by atoms with van der Waals surface area (Å²) >= 11 is 2.92. The number of anilines is 1. The molecule has 0 radical (unpaired) electrons. The number of nitrogens with one attached hydrogen (secondary N) is 1. The molecule has 1 amide bonds. The van der Waals surface area contributed by atoms with E-state index in [1.165, 1.54) is 23.1 Å². The molecule has 0 unspecified atom stereocenters. The van der Waals surface area contributed by atoms with E-state index in [-0.39, 0.29) is 5.91 Å². The number of aromatic nitrogens is 1. The van der Waals surface area contributed by atoms with Gasteiger partial charge in [-0.05, 0) is 36.9 Å². The predicted molar refractivity (Wildman–Crippen MR) is 90.3 cm³/mol. The second-order valence-electron chi connectivity index (χ2n) is 4.39. The third kappa shape index (κ3) is 4.75. The van der Waals surface area contributed by atoms with Crippen molar-refractivity contribution in [3.05, 3.63) is 29.6 Å². The average Bonchev–Trinajstić information content (AvgIpc) is 2.94. The second-order valence-corrected chi connectivity index (χ2v) is 6.12. The Labute approximate surface area is 132 Å². The Balaban J connectivity index is 2.01. The van der Waals surface area contributed by atoms with Crippen LogP contribution in [0.2, 0.25) is 0 Å². The Morgan fingerprint density at radius 3 is 2.81 bits per heavy atom. The first kappa shape index (κ1) is 15.9. The summed E-state index contributed by atoms with van der Waals surface area (Å²) in [5.41, 5.74) is 1.88. The van der Waals surface area contributed by atoms with E-state index < -0.39 is 0 Å². The fourth-order valence-electron chi connectivity index (χ4n) is 1.69. The summed E-state index contributed by atoms with van der Waals surface area (Å²) in [5.74, 6) is 1.29. The van der Waals surface area contributed by atoms with Gasteiger partial charge in [0.05, 0.1) is 18.1 Å². The van der Waals surface area contributed by atoms with Crippen molar-refractivity contribution < 1.29 is 9.53 Å². The number of ether oxygens (including phenoxy) is 1. The summed E-state index contributed by atoms with van der Waals surface area (Å²) in [5, 5.41) is 5.37. The van der Waals surface area contributed by atoms with Crippen LogP contribution >= 0.6 is 23.1 Å². The molecule has 1 aromatic carbocycles. The molecule has 1 aromatic heterocycles. The Bertz CT molecular complexity index is 582. The minimum Gasteiger partial charge on any atom is -0.494 e. The van der Waals surface area contributed by atoms with Gasteiger partial charge in [0, 0.05) is 10.9 Å². The topological polar surface area (TPSA) is 51.2 Å². The van der Waals surface area contributed by atoms with Crippen LogP contribution in [0, 0.1) is 0 Å². The molecule has 0 spiro atoms. The minimum absolute atomic E-state index is 0.0216. The van der Waals surface area contributed by atoms with E-state index >= 15 is 0 Å². The number of amides is 1. The lowest BCUT2D eigenvalue weighted by Crippen LogP contribution is -2.13. The predicted octanol–water partition coefficient (Wildman–Crippen LogP) is 3.90. The number of hydrogen-bond acceptors (Lipinski definition) is 5. The quantitative estimate of drug-likeness (QED) is 0.840. The zero-order valence-electron chi connectivity index (χ0n) is 12.1. The van der Waals surface area contributed by atoms with E-state index in [2.05, 4.69) is 17.2 Å². The number of hydrogen-bond donors (Lipinski definition) is 1. The Hall–Kier alpha value is -1.53. The van der Waals surface area contributed by atoms with Crippen molar-refractivity contribution in [2.45, 2.75) is 13.3 Å². The van der Waals surface area contributed by atoms with Gasteiger partial charge in [0.2, 0.25) is 5.91 Å². The molecule has 0 aliphatic rings. The van der Waals surface area contributed by atoms with E-state index in [1.54, 1.807) is 0 Å². The molecule has 0 aliphatic carbocycles. The van der Waals surface area contributed by atoms with Gasteiger partial charge in [0.25, 0.3) is 0 Å². The van der Waals surface area contributed by atoms with Crippen molar-refractivity contribution in [3.8, 4) is 17.0 Å². The van der Waals surface area contributed by atoms with E-state index in [9.17, 15) is 4.79 Å². The third-order valence-electron chi connectivity index (χ3n) is 2.65. The molecule has 4 nitrogen and oxygen atoms in total. The first-order chi connectivity index (χ1) is 10.2. The first-order valence-corrected chi connectivity index (χ1v) is 8.98. The maximum absolute atomic E-state index is 11.5. The van der Waals surface area contributed by atoms with Gasteiger partial charge in [-0.15, -0.1) is 11.3 Å². The van der Waals surface area contributed by atoms with Crippen molar-refractivity contribution >= 4 is 34.1 Å². The van der Waals surface area contributed by atoms with Crippen LogP contribution in [0.5, 0.6) is 5.75 Å². The molecule has 0 fully saturated rings. The number of thiazole rings is 1. The summed E-state index contributed by atoms with van der Waals surface area (Å²) in [6, 6.07) is 7.84. The van der Waals surface area contributed by atoms with Gasteiger partial charge in [-0.2, -0.15) is 11.8 Å². The van der Waals surface area contributed by atoms with E-state index in [0.29, 0.717) is 10.9 Å². The molecule has 0 saturated heterocycles. The Morgan fingerprint density at radius 1 is 1.38 bits per heavy atom. The normalized spacial score (nSPS) is 10.4. The zero-order chi connectivity index (χ0) is 15.1. The fourth-order valence-corrected chi connectivity index (χ4v) is 2.76. The molecule has 0 bridgehead atoms. The second kappa shape index (κ2) is 8.05. The van der Waals surface area contributed by atoms with Crippen molar-refractivity contribution in [1.82, 2.24) is 4.98 Å². The number of thioether (sulfide) groups is 1. The monoisotopic (exact) mass is 322 g/mol. The number of benzene rings is 1. The van der Waals surface area contributed by atoms with Gasteiger partial charge in [-0.25, -0.2) is 4.98 Å². The van der Waals surface area contributed by atoms with Gasteiger partial charge < -0.3 is 10.1 Å². The largest absolute Gasteiger partial charge is 0.494 e. The molecule has 2 rings (SSSR count). The van der Waals surface area contributed by atoms with Gasteiger partial charge in [0.15, 0.2) is 5.13 Å². The summed E-state index contributed by atoms with van der Waals surface area (Å²) in [6.45, 7) is 2.80. The van der Waals surface area contributed by atoms with Crippen molar-refractivity contribution in [2.24, 2.45) is 0 Å². The number of carbonyl (C=O) groups excluding carboxylic acids is 1. The SMILES string of the molecule is CCCOc1ccc(-c2csc(NC(=O)CSC)n2)cc1. The molecule has 6 heteroatoms. The summed E-state index contributed by atoms with van der Waals surface area (Å²) in [6.07, 6.45) is 2.89. The molecule has 0 atom stereocenters. The lowest BCUT2D eigenvalue weighted by Gasteiger charge is -2.04. The fraction of sp³-hybridized carbons (Fsp3) is 0.333. The molecule has 112 valence electrons. The first-order valence-electron chi connectivity index (χ1n) is 6.70. The Morgan fingerprint density at radius 2 is 2.14 bits per heavy atom. The highest BCUT2D eigenvalue weighted by atomic mass is 32.2. The van der Waals surface area contributed by atoms with Crippen molar-refractivity contribution in [3.63, 3.8) is 0 Å². The highest BCUT2D eigenvalue weighted by Crippen LogP contribution is 2.26. The smallest absolute Gasteiger partial charge is 0.236 e. The van der Waals surface area contributed by atoms with Crippen LogP contribution in [0.25, 0.3) is 11.3 Å². The molecule has 0 saturated carbocycles. The van der Waals surface area contributed by atoms with Crippen LogP contribution in [0.4, 0.5) is 5.13 Å². The van der Waals surface area contributed by atoms with E-state index in [1.807, 2.05) is 35.9 Å². The van der Waals surface area contributed by atoms with Crippen molar-refractivity contribution in [1.29, 1.82) is 0 Å². The van der Waals surface area contributed by atoms with Gasteiger partial charge in [-0.3, -0.25) is 4.79 Å². The molecular weight excluding hydrogens is 304 g/mol. The molecular formula is C15H18N2O2S2. The van der Waals surface area contributed by atoms with Crippen LogP contribution in [-0.4, -0.2) is 29.5 Å². The summed E-state index contributed by atoms with van der Waals surface area (Å²) in [4.78, 5) is 16.0. The van der Waals surface area contributed by atoms with Crippen LogP contribution < -0.4 is 10.1 Å². The molecule has 2 aromatic rings. The molecule has 1 N–H and O–H groups in total. The lowest BCUT2D eigenvalue weighted by atomic mass is 10.2. The van der Waals surface area contributed by atoms with Crippen LogP contribution in [-0.2, 0) is 4.79 Å². The zero-order valence-corrected chi connectivity index (χ0v) is 13.7. The van der Waals surface area contributed by atoms with Gasteiger partial charge in [0.1, 0.15) is 5.75 Å². The van der Waals surface area contributed by atoms with Crippen LogP contribution in [0.1, 0.15) is 13.3 Å². The summed E-state index contributed by atoms with van der Waals surface area (Å²) < 4.78 is 5.55. The van der Waals surface area contributed by atoms with Crippen LogP contribution in [0.3, 0.4) is 0 Å². The van der Waals surface area contributed by atoms with E-state index in [0.717, 1.165) is 30.0 Å². The summed E-state index contributed by atoms with van der Waals surface area (Å²) in [7, 11) is 0. The molecule has 21 heavy (non-hydrogen) atoms. The highest BCUT2D eigenvalue weighted by Gasteiger charge is 2.07. The van der Waals surface area contributed by atoms with Crippen molar-refractivity contribution in [2.75, 3.05) is 23.9 Å². The highest BCUT2D eigenvalue weighted by molar-refractivity contribution is 7.99. The third-order valence-corrected chi connectivity index (χ3v) is 3.96. The molecule has 0 aliphatic heterocycles. The number of rotatable bonds is 7. The maximum atomic E-state index is 11.5. The number of nitrogens with zero attached hydrogens (tertiary/aromatic N) is 1. The molecule has 1 heterocycles. The van der Waals surface area contributed by atoms with Crippen LogP contribution in [0.15, 0.2) is 29.6 Å². The lowest BCUT2D eigenvalue weighted by molar-refractivity contribution is -0.113. The minimum atomic E-state index is -0.0216. The van der Waals surface area contributed by atoms with Gasteiger partial charge in [-0.1, -0.05) is 6.92 Å². The van der Waals surface area contributed by atoms with E-state index in [4.69, 9.17) is 4.74 Å².